The zero-order chi connectivity index (χ0) is 19.5. The smallest absolute Gasteiger partial charge is 0.273 e. The topological polar surface area (TPSA) is 85.1 Å². The van der Waals surface area contributed by atoms with Crippen molar-refractivity contribution in [3.63, 3.8) is 0 Å². The molecule has 0 fully saturated rings. The first-order valence-electron chi connectivity index (χ1n) is 8.58. The predicted octanol–water partition coefficient (Wildman–Crippen LogP) is 5.05. The Balaban J connectivity index is 1.47. The van der Waals surface area contributed by atoms with Crippen molar-refractivity contribution in [1.29, 1.82) is 0 Å². The minimum atomic E-state index is -0.477. The molecule has 0 saturated carbocycles. The van der Waals surface area contributed by atoms with Crippen LogP contribution in [0.3, 0.4) is 0 Å². The lowest BCUT2D eigenvalue weighted by Crippen LogP contribution is -2.15. The summed E-state index contributed by atoms with van der Waals surface area (Å²) in [5.74, 6) is -0.304. The number of nitrogens with zero attached hydrogens (tertiary/aromatic N) is 2. The summed E-state index contributed by atoms with van der Waals surface area (Å²) >= 11 is 1.61. The van der Waals surface area contributed by atoms with Gasteiger partial charge in [0.2, 0.25) is 5.91 Å². The number of nitro groups is 1. The van der Waals surface area contributed by atoms with Crippen molar-refractivity contribution in [2.75, 3.05) is 5.32 Å². The molecule has 28 heavy (non-hydrogen) atoms. The van der Waals surface area contributed by atoms with Gasteiger partial charge in [0.1, 0.15) is 5.01 Å². The third kappa shape index (κ3) is 3.74. The molecular weight excluding hydrogens is 374 g/mol. The van der Waals surface area contributed by atoms with Gasteiger partial charge >= 0.3 is 0 Å². The Kier molecular flexibility index (Phi) is 4.82. The summed E-state index contributed by atoms with van der Waals surface area (Å²) in [4.78, 5) is 27.5. The molecule has 3 aromatic carbocycles. The monoisotopic (exact) mass is 389 g/mol. The molecule has 1 amide bonds. The van der Waals surface area contributed by atoms with E-state index in [0.29, 0.717) is 11.3 Å². The van der Waals surface area contributed by atoms with Crippen LogP contribution in [0.2, 0.25) is 0 Å². The lowest BCUT2D eigenvalue weighted by atomic mass is 10.1. The van der Waals surface area contributed by atoms with Gasteiger partial charge in [-0.15, -0.1) is 11.3 Å². The quantitative estimate of drug-likeness (QED) is 0.382. The fraction of sp³-hybridized carbons (Fsp3) is 0.0476. The molecule has 0 unspecified atom stereocenters. The molecule has 1 N–H and O–H groups in total. The average Bonchev–Trinajstić information content (AvgIpc) is 3.13. The van der Waals surface area contributed by atoms with Crippen LogP contribution in [0.25, 0.3) is 20.8 Å². The average molecular weight is 389 g/mol. The van der Waals surface area contributed by atoms with Gasteiger partial charge in [-0.25, -0.2) is 4.98 Å². The van der Waals surface area contributed by atoms with Crippen molar-refractivity contribution in [3.8, 4) is 10.6 Å². The molecular formula is C21H15N3O3S. The Labute approximate surface area is 164 Å². The van der Waals surface area contributed by atoms with Crippen LogP contribution in [0.5, 0.6) is 0 Å². The van der Waals surface area contributed by atoms with E-state index in [-0.39, 0.29) is 18.0 Å². The first-order valence-corrected chi connectivity index (χ1v) is 9.40. The number of nitro benzene ring substituents is 1. The number of hydrogen-bond donors (Lipinski definition) is 1. The number of hydrogen-bond acceptors (Lipinski definition) is 5. The molecule has 4 aromatic rings. The number of rotatable bonds is 5. The van der Waals surface area contributed by atoms with Crippen molar-refractivity contribution in [2.45, 2.75) is 6.42 Å². The maximum absolute atomic E-state index is 12.3. The molecule has 138 valence electrons. The highest BCUT2D eigenvalue weighted by Crippen LogP contribution is 2.30. The minimum absolute atomic E-state index is 0.0520. The van der Waals surface area contributed by atoms with E-state index in [2.05, 4.69) is 10.3 Å². The molecule has 1 aromatic heterocycles. The van der Waals surface area contributed by atoms with Crippen molar-refractivity contribution in [3.05, 3.63) is 88.5 Å². The van der Waals surface area contributed by atoms with E-state index in [1.54, 1.807) is 41.7 Å². The van der Waals surface area contributed by atoms with Gasteiger partial charge in [-0.1, -0.05) is 30.3 Å². The minimum Gasteiger partial charge on any atom is -0.326 e. The summed E-state index contributed by atoms with van der Waals surface area (Å²) in [6, 6.07) is 21.6. The summed E-state index contributed by atoms with van der Waals surface area (Å²) in [6.07, 6.45) is -0.0588. The van der Waals surface area contributed by atoms with E-state index in [1.165, 1.54) is 6.07 Å². The Morgan fingerprint density at radius 3 is 2.46 bits per heavy atom. The predicted molar refractivity (Wildman–Crippen MR) is 110 cm³/mol. The highest BCUT2D eigenvalue weighted by atomic mass is 32.1. The molecule has 7 heteroatoms. The second-order valence-electron chi connectivity index (χ2n) is 6.17. The summed E-state index contributed by atoms with van der Waals surface area (Å²) in [7, 11) is 0. The zero-order valence-electron chi connectivity index (χ0n) is 14.7. The van der Waals surface area contributed by atoms with Crippen LogP contribution in [0, 0.1) is 10.1 Å². The highest BCUT2D eigenvalue weighted by Gasteiger charge is 2.15. The van der Waals surface area contributed by atoms with Gasteiger partial charge in [0.25, 0.3) is 5.69 Å². The standard InChI is InChI=1S/C21H15N3O3S/c25-20(13-15-5-1-3-7-18(15)24(26)27)22-16-11-9-14(10-12-16)21-23-17-6-2-4-8-19(17)28-21/h1-12H,13H2,(H,22,25). The Bertz CT molecular complexity index is 1140. The van der Waals surface area contributed by atoms with Crippen molar-refractivity contribution in [2.24, 2.45) is 0 Å². The van der Waals surface area contributed by atoms with E-state index in [9.17, 15) is 14.9 Å². The van der Waals surface area contributed by atoms with E-state index >= 15 is 0 Å². The van der Waals surface area contributed by atoms with Gasteiger partial charge in [0.15, 0.2) is 0 Å². The van der Waals surface area contributed by atoms with E-state index in [0.717, 1.165) is 20.8 Å². The number of thiazole rings is 1. The van der Waals surface area contributed by atoms with Gasteiger partial charge in [0.05, 0.1) is 21.6 Å². The van der Waals surface area contributed by atoms with Crippen LogP contribution in [0.4, 0.5) is 11.4 Å². The molecule has 0 saturated heterocycles. The lowest BCUT2D eigenvalue weighted by molar-refractivity contribution is -0.385. The zero-order valence-corrected chi connectivity index (χ0v) is 15.5. The van der Waals surface area contributed by atoms with E-state index in [4.69, 9.17) is 0 Å². The fourth-order valence-corrected chi connectivity index (χ4v) is 3.88. The largest absolute Gasteiger partial charge is 0.326 e. The first kappa shape index (κ1) is 17.8. The number of para-hydroxylation sites is 2. The maximum atomic E-state index is 12.3. The number of carbonyl (C=O) groups excluding carboxylic acids is 1. The Hall–Kier alpha value is -3.58. The second-order valence-corrected chi connectivity index (χ2v) is 7.21. The highest BCUT2D eigenvalue weighted by molar-refractivity contribution is 7.21. The Morgan fingerprint density at radius 1 is 1.00 bits per heavy atom. The van der Waals surface area contributed by atoms with Gasteiger partial charge in [-0.3, -0.25) is 14.9 Å². The lowest BCUT2D eigenvalue weighted by Gasteiger charge is -2.06. The molecule has 0 radical (unpaired) electrons. The molecule has 0 atom stereocenters. The molecule has 6 nitrogen and oxygen atoms in total. The van der Waals surface area contributed by atoms with Gasteiger partial charge < -0.3 is 5.32 Å². The summed E-state index contributed by atoms with van der Waals surface area (Å²) < 4.78 is 1.12. The molecule has 4 rings (SSSR count). The number of nitrogens with one attached hydrogen (secondary N) is 1. The molecule has 1 heterocycles. The number of anilines is 1. The second kappa shape index (κ2) is 7.58. The van der Waals surface area contributed by atoms with Crippen LogP contribution in [-0.2, 0) is 11.2 Å². The normalized spacial score (nSPS) is 10.7. The third-order valence-corrected chi connectivity index (χ3v) is 5.33. The number of benzene rings is 3. The maximum Gasteiger partial charge on any atom is 0.273 e. The van der Waals surface area contributed by atoms with Gasteiger partial charge in [-0.2, -0.15) is 0 Å². The number of fused-ring (bicyclic) bond motifs is 1. The molecule has 0 bridgehead atoms. The molecule has 0 aliphatic carbocycles. The van der Waals surface area contributed by atoms with Crippen LogP contribution in [0.1, 0.15) is 5.56 Å². The number of carbonyl (C=O) groups is 1. The number of amides is 1. The van der Waals surface area contributed by atoms with Crippen molar-refractivity contribution in [1.82, 2.24) is 4.98 Å². The van der Waals surface area contributed by atoms with E-state index in [1.807, 2.05) is 36.4 Å². The Morgan fingerprint density at radius 2 is 1.71 bits per heavy atom. The SMILES string of the molecule is O=C(Cc1ccccc1[N+](=O)[O-])Nc1ccc(-c2nc3ccccc3s2)cc1. The molecule has 0 aliphatic rings. The third-order valence-electron chi connectivity index (χ3n) is 4.25. The van der Waals surface area contributed by atoms with Crippen LogP contribution >= 0.6 is 11.3 Å². The van der Waals surface area contributed by atoms with E-state index < -0.39 is 4.92 Å². The summed E-state index contributed by atoms with van der Waals surface area (Å²) in [6.45, 7) is 0. The van der Waals surface area contributed by atoms with Gasteiger partial charge in [0, 0.05) is 22.9 Å². The van der Waals surface area contributed by atoms with Crippen molar-refractivity contribution >= 4 is 38.8 Å². The summed E-state index contributed by atoms with van der Waals surface area (Å²) in [5.41, 5.74) is 2.90. The van der Waals surface area contributed by atoms with Crippen molar-refractivity contribution < 1.29 is 9.72 Å². The summed E-state index contributed by atoms with van der Waals surface area (Å²) in [5, 5.41) is 14.8. The first-order chi connectivity index (χ1) is 13.6. The van der Waals surface area contributed by atoms with Crippen LogP contribution in [0.15, 0.2) is 72.8 Å². The fourth-order valence-electron chi connectivity index (χ4n) is 2.91. The van der Waals surface area contributed by atoms with Crippen LogP contribution < -0.4 is 5.32 Å². The van der Waals surface area contributed by atoms with Gasteiger partial charge in [-0.05, 0) is 36.4 Å². The molecule has 0 aliphatic heterocycles. The number of aromatic nitrogens is 1. The van der Waals surface area contributed by atoms with Crippen LogP contribution in [-0.4, -0.2) is 15.8 Å². The molecule has 0 spiro atoms.